The summed E-state index contributed by atoms with van der Waals surface area (Å²) in [4.78, 5) is 4.12. The summed E-state index contributed by atoms with van der Waals surface area (Å²) in [7, 11) is -0.717. The quantitative estimate of drug-likeness (QED) is 0.577. The lowest BCUT2D eigenvalue weighted by molar-refractivity contribution is 1.19. The van der Waals surface area contributed by atoms with Crippen LogP contribution in [0.4, 0.5) is 0 Å². The first-order chi connectivity index (χ1) is 5.97. The lowest BCUT2D eigenvalue weighted by Crippen LogP contribution is -1.86. The number of hydrogen-bond donors (Lipinski definition) is 0. The average Bonchev–Trinajstić information content (AvgIpc) is 2.00. The third kappa shape index (κ3) is 4.00. The van der Waals surface area contributed by atoms with Crippen LogP contribution in [0.3, 0.4) is 0 Å². The molecule has 0 aliphatic heterocycles. The van der Waals surface area contributed by atoms with Crippen LogP contribution < -0.4 is 0 Å². The Morgan fingerprint density at radius 1 is 1.31 bits per heavy atom. The van der Waals surface area contributed by atoms with Crippen molar-refractivity contribution in [2.75, 3.05) is 18.8 Å². The van der Waals surface area contributed by atoms with Gasteiger partial charge < -0.3 is 0 Å². The fourth-order valence-corrected chi connectivity index (χ4v) is 1.26. The van der Waals surface area contributed by atoms with Gasteiger partial charge in [0.25, 0.3) is 0 Å². The molecule has 2 heteroatoms. The third-order valence-corrected chi connectivity index (χ3v) is 2.11. The Labute approximate surface area is 81.9 Å². The Balaban J connectivity index is 2.90. The summed E-state index contributed by atoms with van der Waals surface area (Å²) in [5.74, 6) is 3.17. The van der Waals surface area contributed by atoms with Crippen molar-refractivity contribution >= 4 is 10.0 Å². The van der Waals surface area contributed by atoms with Crippen molar-refractivity contribution in [3.63, 3.8) is 0 Å². The molecule has 1 rings (SSSR count). The highest BCUT2D eigenvalue weighted by molar-refractivity contribution is 8.35. The van der Waals surface area contributed by atoms with E-state index in [4.69, 9.17) is 0 Å². The van der Waals surface area contributed by atoms with Gasteiger partial charge in [-0.2, -0.15) is 10.0 Å². The van der Waals surface area contributed by atoms with Crippen LogP contribution in [0.1, 0.15) is 11.3 Å². The molecule has 0 radical (unpaired) electrons. The first-order valence-electron chi connectivity index (χ1n) is 4.11. The second-order valence-corrected chi connectivity index (χ2v) is 7.63. The van der Waals surface area contributed by atoms with E-state index in [1.54, 1.807) is 6.20 Å². The van der Waals surface area contributed by atoms with E-state index in [0.29, 0.717) is 0 Å². The topological polar surface area (TPSA) is 12.9 Å². The van der Waals surface area contributed by atoms with Crippen LogP contribution in [0, 0.1) is 18.1 Å². The highest BCUT2D eigenvalue weighted by atomic mass is 32.3. The molecule has 0 saturated heterocycles. The number of hydrogen-bond acceptors (Lipinski definition) is 1. The Bertz CT molecular complexity index is 352. The van der Waals surface area contributed by atoms with E-state index in [9.17, 15) is 0 Å². The highest BCUT2D eigenvalue weighted by Crippen LogP contribution is 2.32. The molecule has 0 saturated carbocycles. The van der Waals surface area contributed by atoms with Crippen LogP contribution in [-0.4, -0.2) is 23.8 Å². The van der Waals surface area contributed by atoms with E-state index in [1.807, 2.05) is 19.1 Å². The lowest BCUT2D eigenvalue weighted by Gasteiger charge is -2.14. The Morgan fingerprint density at radius 3 is 2.54 bits per heavy atom. The maximum absolute atomic E-state index is 4.12. The summed E-state index contributed by atoms with van der Waals surface area (Å²) in [5, 5.41) is 3.27. The summed E-state index contributed by atoms with van der Waals surface area (Å²) in [6.45, 7) is 1.98. The molecule has 1 nitrogen and oxygen atoms in total. The van der Waals surface area contributed by atoms with Crippen LogP contribution in [0.15, 0.2) is 18.3 Å². The summed E-state index contributed by atoms with van der Waals surface area (Å²) >= 11 is 0. The fourth-order valence-electron chi connectivity index (χ4n) is 0.835. The molecule has 0 amide bonds. The van der Waals surface area contributed by atoms with Crippen molar-refractivity contribution in [1.82, 2.24) is 4.98 Å². The molecule has 0 atom stereocenters. The molecule has 0 N–H and O–H groups in total. The van der Waals surface area contributed by atoms with Gasteiger partial charge in [0.1, 0.15) is 0 Å². The smallest absolute Gasteiger partial charge is 0.0385 e. The summed E-state index contributed by atoms with van der Waals surface area (Å²) in [6, 6.07) is 3.96. The molecular formula is C11H15NS. The molecule has 0 aromatic carbocycles. The minimum absolute atomic E-state index is 0.717. The monoisotopic (exact) mass is 193 g/mol. The van der Waals surface area contributed by atoms with E-state index >= 15 is 0 Å². The number of aromatic nitrogens is 1. The number of nitrogens with zero attached hydrogens (tertiary/aromatic N) is 1. The van der Waals surface area contributed by atoms with Gasteiger partial charge in [-0.15, -0.1) is 0 Å². The van der Waals surface area contributed by atoms with Gasteiger partial charge in [-0.3, -0.25) is 4.98 Å². The third-order valence-electron chi connectivity index (χ3n) is 1.40. The first-order valence-corrected chi connectivity index (χ1v) is 6.97. The van der Waals surface area contributed by atoms with E-state index in [-0.39, 0.29) is 0 Å². The van der Waals surface area contributed by atoms with Crippen molar-refractivity contribution in [1.29, 1.82) is 0 Å². The molecule has 0 aliphatic carbocycles. The second-order valence-electron chi connectivity index (χ2n) is 3.75. The zero-order valence-corrected chi connectivity index (χ0v) is 9.40. The van der Waals surface area contributed by atoms with Gasteiger partial charge in [0.15, 0.2) is 0 Å². The van der Waals surface area contributed by atoms with Gasteiger partial charge in [-0.05, 0) is 43.1 Å². The predicted octanol–water partition coefficient (Wildman–Crippen LogP) is 2.39. The van der Waals surface area contributed by atoms with Gasteiger partial charge in [0.05, 0.1) is 0 Å². The average molecular weight is 193 g/mol. The highest BCUT2D eigenvalue weighted by Gasteiger charge is 1.96. The lowest BCUT2D eigenvalue weighted by atomic mass is 10.2. The molecule has 70 valence electrons. The van der Waals surface area contributed by atoms with Crippen molar-refractivity contribution in [3.05, 3.63) is 29.6 Å². The number of rotatable bonds is 0. The second kappa shape index (κ2) is 3.85. The van der Waals surface area contributed by atoms with Crippen LogP contribution >= 0.6 is 10.0 Å². The van der Waals surface area contributed by atoms with E-state index in [0.717, 1.165) is 11.3 Å². The number of pyridine rings is 1. The molecule has 0 aliphatic rings. The Morgan fingerprint density at radius 2 is 2.00 bits per heavy atom. The summed E-state index contributed by atoms with van der Waals surface area (Å²) in [5.41, 5.74) is 2.09. The fraction of sp³-hybridized carbons (Fsp3) is 0.364. The molecule has 1 aromatic heterocycles. The largest absolute Gasteiger partial charge is 0.262 e. The van der Waals surface area contributed by atoms with Crippen LogP contribution in [-0.2, 0) is 0 Å². The minimum Gasteiger partial charge on any atom is -0.262 e. The SMILES string of the molecule is Cc1cc(C#CS(C)(C)C)ccn1. The molecule has 0 bridgehead atoms. The summed E-state index contributed by atoms with van der Waals surface area (Å²) < 4.78 is 0. The van der Waals surface area contributed by atoms with Gasteiger partial charge in [0.2, 0.25) is 0 Å². The van der Waals surface area contributed by atoms with Gasteiger partial charge >= 0.3 is 0 Å². The Hall–Kier alpha value is -0.940. The van der Waals surface area contributed by atoms with E-state index in [2.05, 4.69) is 34.9 Å². The van der Waals surface area contributed by atoms with Crippen LogP contribution in [0.5, 0.6) is 0 Å². The molecule has 0 spiro atoms. The normalized spacial score (nSPS) is 11.7. The first kappa shape index (κ1) is 10.1. The summed E-state index contributed by atoms with van der Waals surface area (Å²) in [6.07, 6.45) is 8.37. The maximum atomic E-state index is 4.12. The van der Waals surface area contributed by atoms with Gasteiger partial charge in [0, 0.05) is 17.5 Å². The van der Waals surface area contributed by atoms with Gasteiger partial charge in [-0.1, -0.05) is 5.92 Å². The van der Waals surface area contributed by atoms with Crippen molar-refractivity contribution in [2.45, 2.75) is 6.92 Å². The predicted molar refractivity (Wildman–Crippen MR) is 61.2 cm³/mol. The van der Waals surface area contributed by atoms with Crippen molar-refractivity contribution < 1.29 is 0 Å². The molecule has 13 heavy (non-hydrogen) atoms. The molecule has 1 aromatic rings. The molecule has 0 unspecified atom stereocenters. The van der Waals surface area contributed by atoms with Crippen molar-refractivity contribution in [2.24, 2.45) is 0 Å². The Kier molecular flexibility index (Phi) is 3.00. The van der Waals surface area contributed by atoms with Gasteiger partial charge in [-0.25, -0.2) is 0 Å². The molecular weight excluding hydrogens is 178 g/mol. The standard InChI is InChI=1S/C11H15NS/c1-10-9-11(5-7-12-10)6-8-13(2,3)4/h5,7,9H,1-4H3. The van der Waals surface area contributed by atoms with Crippen LogP contribution in [0.25, 0.3) is 0 Å². The van der Waals surface area contributed by atoms with Crippen LogP contribution in [0.2, 0.25) is 0 Å². The van der Waals surface area contributed by atoms with E-state index in [1.165, 1.54) is 0 Å². The number of aryl methyl sites for hydroxylation is 1. The minimum atomic E-state index is -0.717. The zero-order chi connectivity index (χ0) is 9.90. The van der Waals surface area contributed by atoms with E-state index < -0.39 is 10.0 Å². The maximum Gasteiger partial charge on any atom is 0.0385 e. The molecule has 1 heterocycles. The van der Waals surface area contributed by atoms with Crippen molar-refractivity contribution in [3.8, 4) is 11.2 Å². The molecule has 0 fully saturated rings. The zero-order valence-electron chi connectivity index (χ0n) is 8.59.